The van der Waals surface area contributed by atoms with E-state index in [-0.39, 0.29) is 22.6 Å². The molecule has 9 heteroatoms. The van der Waals surface area contributed by atoms with Crippen LogP contribution in [0.3, 0.4) is 0 Å². The minimum atomic E-state index is -0.772. The number of nitrogens with one attached hydrogen (secondary N) is 2. The maximum Gasteiger partial charge on any atom is 0.407 e. The lowest BCUT2D eigenvalue weighted by Crippen LogP contribution is -2.41. The molecule has 0 saturated heterocycles. The van der Waals surface area contributed by atoms with Gasteiger partial charge in [-0.1, -0.05) is 18.7 Å². The SMILES string of the molecule is C=C(c1nc(Nc2ccc3c(ccn3CC)c2)c(C#N)cc1F)[C@H](c1cccc(F)c1)[C@H](C)NC(=O)OC(C)(C)C. The molecule has 0 radical (unpaired) electrons. The van der Waals surface area contributed by atoms with Crippen LogP contribution < -0.4 is 10.6 Å². The number of nitrogens with zero attached hydrogens (tertiary/aromatic N) is 3. The zero-order valence-corrected chi connectivity index (χ0v) is 23.8. The van der Waals surface area contributed by atoms with Crippen molar-refractivity contribution in [3.63, 3.8) is 0 Å². The first kappa shape index (κ1) is 29.3. The Hall–Kier alpha value is -4.71. The molecule has 212 valence electrons. The van der Waals surface area contributed by atoms with Gasteiger partial charge in [0.1, 0.15) is 29.0 Å². The number of ether oxygens (including phenoxy) is 1. The van der Waals surface area contributed by atoms with E-state index in [2.05, 4.69) is 33.7 Å². The molecule has 0 saturated carbocycles. The molecule has 1 amide bonds. The van der Waals surface area contributed by atoms with Gasteiger partial charge in [-0.3, -0.25) is 0 Å². The van der Waals surface area contributed by atoms with Gasteiger partial charge in [-0.15, -0.1) is 0 Å². The van der Waals surface area contributed by atoms with Crippen LogP contribution in [0.4, 0.5) is 25.1 Å². The van der Waals surface area contributed by atoms with Gasteiger partial charge in [0.05, 0.1) is 5.56 Å². The Labute approximate surface area is 238 Å². The lowest BCUT2D eigenvalue weighted by molar-refractivity contribution is 0.0505. The fourth-order valence-corrected chi connectivity index (χ4v) is 4.80. The van der Waals surface area contributed by atoms with Crippen molar-refractivity contribution in [1.82, 2.24) is 14.9 Å². The largest absolute Gasteiger partial charge is 0.444 e. The maximum absolute atomic E-state index is 15.5. The number of anilines is 2. The number of carbonyl (C=O) groups excluding carboxylic acids is 1. The van der Waals surface area contributed by atoms with E-state index in [1.807, 2.05) is 36.5 Å². The highest BCUT2D eigenvalue weighted by atomic mass is 19.1. The van der Waals surface area contributed by atoms with Crippen molar-refractivity contribution in [2.24, 2.45) is 0 Å². The number of alkyl carbamates (subject to hydrolysis) is 1. The quantitative estimate of drug-likeness (QED) is 0.232. The van der Waals surface area contributed by atoms with Crippen LogP contribution >= 0.6 is 0 Å². The predicted octanol–water partition coefficient (Wildman–Crippen LogP) is 7.66. The number of fused-ring (bicyclic) bond motifs is 1. The Balaban J connectivity index is 1.72. The maximum atomic E-state index is 15.5. The molecule has 0 fully saturated rings. The summed E-state index contributed by atoms with van der Waals surface area (Å²) in [7, 11) is 0. The topological polar surface area (TPSA) is 92.0 Å². The average molecular weight is 558 g/mol. The number of halogens is 2. The first-order valence-electron chi connectivity index (χ1n) is 13.3. The number of pyridine rings is 1. The summed E-state index contributed by atoms with van der Waals surface area (Å²) in [6, 6.07) is 15.9. The summed E-state index contributed by atoms with van der Waals surface area (Å²) in [5, 5.41) is 16.6. The second-order valence-corrected chi connectivity index (χ2v) is 10.8. The molecule has 0 spiro atoms. The van der Waals surface area contributed by atoms with Crippen molar-refractivity contribution in [1.29, 1.82) is 5.26 Å². The Morgan fingerprint density at radius 3 is 2.59 bits per heavy atom. The third-order valence-electron chi connectivity index (χ3n) is 6.60. The van der Waals surface area contributed by atoms with E-state index in [9.17, 15) is 14.4 Å². The second-order valence-electron chi connectivity index (χ2n) is 10.8. The minimum Gasteiger partial charge on any atom is -0.444 e. The van der Waals surface area contributed by atoms with E-state index in [0.717, 1.165) is 23.5 Å². The molecule has 0 aliphatic rings. The number of hydrogen-bond acceptors (Lipinski definition) is 5. The number of amides is 1. The highest BCUT2D eigenvalue weighted by Gasteiger charge is 2.30. The van der Waals surface area contributed by atoms with Gasteiger partial charge < -0.3 is 19.9 Å². The van der Waals surface area contributed by atoms with Gasteiger partial charge >= 0.3 is 6.09 Å². The van der Waals surface area contributed by atoms with Gasteiger partial charge in [0.25, 0.3) is 0 Å². The molecule has 2 heterocycles. The van der Waals surface area contributed by atoms with Gasteiger partial charge in [-0.2, -0.15) is 5.26 Å². The van der Waals surface area contributed by atoms with Crippen LogP contribution in [0, 0.1) is 23.0 Å². The fourth-order valence-electron chi connectivity index (χ4n) is 4.80. The predicted molar refractivity (Wildman–Crippen MR) is 157 cm³/mol. The summed E-state index contributed by atoms with van der Waals surface area (Å²) < 4.78 is 37.3. The molecule has 4 rings (SSSR count). The highest BCUT2D eigenvalue weighted by molar-refractivity contribution is 5.85. The average Bonchev–Trinajstić information content (AvgIpc) is 3.30. The Morgan fingerprint density at radius 1 is 1.17 bits per heavy atom. The third kappa shape index (κ3) is 6.72. The molecular weight excluding hydrogens is 524 g/mol. The number of rotatable bonds is 8. The van der Waals surface area contributed by atoms with Crippen molar-refractivity contribution in [2.45, 2.75) is 58.7 Å². The third-order valence-corrected chi connectivity index (χ3v) is 6.60. The second kappa shape index (κ2) is 11.8. The van der Waals surface area contributed by atoms with Crippen molar-refractivity contribution >= 4 is 34.1 Å². The molecular formula is C32H33F2N5O2. The van der Waals surface area contributed by atoms with Crippen LogP contribution in [0.2, 0.25) is 0 Å². The summed E-state index contributed by atoms with van der Waals surface area (Å²) in [5.74, 6) is -1.89. The number of nitriles is 1. The Morgan fingerprint density at radius 2 is 1.93 bits per heavy atom. The molecule has 2 aromatic carbocycles. The first-order valence-corrected chi connectivity index (χ1v) is 13.3. The van der Waals surface area contributed by atoms with Gasteiger partial charge in [0.2, 0.25) is 0 Å². The summed E-state index contributed by atoms with van der Waals surface area (Å²) in [6.45, 7) is 13.9. The summed E-state index contributed by atoms with van der Waals surface area (Å²) >= 11 is 0. The van der Waals surface area contributed by atoms with Crippen LogP contribution in [0.15, 0.2) is 67.4 Å². The van der Waals surface area contributed by atoms with Gasteiger partial charge in [-0.25, -0.2) is 18.6 Å². The molecule has 0 unspecified atom stereocenters. The number of aromatic nitrogens is 2. The lowest BCUT2D eigenvalue weighted by atomic mass is 9.84. The first-order chi connectivity index (χ1) is 19.4. The van der Waals surface area contributed by atoms with Crippen LogP contribution in [0.5, 0.6) is 0 Å². The van der Waals surface area contributed by atoms with Crippen LogP contribution in [0.1, 0.15) is 57.4 Å². The van der Waals surface area contributed by atoms with Crippen molar-refractivity contribution in [2.75, 3.05) is 5.32 Å². The van der Waals surface area contributed by atoms with E-state index < -0.39 is 35.3 Å². The number of carbonyl (C=O) groups is 1. The zero-order valence-electron chi connectivity index (χ0n) is 23.8. The summed E-state index contributed by atoms with van der Waals surface area (Å²) in [5.41, 5.74) is 1.54. The molecule has 0 bridgehead atoms. The van der Waals surface area contributed by atoms with E-state index in [1.54, 1.807) is 33.8 Å². The summed E-state index contributed by atoms with van der Waals surface area (Å²) in [4.78, 5) is 17.1. The fraction of sp³-hybridized carbons (Fsp3) is 0.281. The van der Waals surface area contributed by atoms with Crippen molar-refractivity contribution in [3.8, 4) is 6.07 Å². The zero-order chi connectivity index (χ0) is 29.9. The molecule has 2 aromatic heterocycles. The lowest BCUT2D eigenvalue weighted by Gasteiger charge is -2.29. The van der Waals surface area contributed by atoms with Gasteiger partial charge in [0.15, 0.2) is 5.82 Å². The molecule has 7 nitrogen and oxygen atoms in total. The molecule has 4 aromatic rings. The van der Waals surface area contributed by atoms with Crippen LogP contribution in [-0.2, 0) is 11.3 Å². The standard InChI is InChI=1S/C32H33F2N5O2/c1-7-39-14-13-21-16-25(11-12-27(21)39)37-30-23(18-35)17-26(34)29(38-30)19(2)28(22-9-8-10-24(33)15-22)20(3)36-31(40)41-32(4,5)6/h8-17,20,28H,2,7H2,1,3-6H3,(H,36,40)(H,37,38)/t20-,28-/m0/s1. The molecule has 2 N–H and O–H groups in total. The summed E-state index contributed by atoms with van der Waals surface area (Å²) in [6.07, 6.45) is 1.31. The Bertz CT molecular complexity index is 1650. The smallest absolute Gasteiger partial charge is 0.407 e. The van der Waals surface area contributed by atoms with Crippen molar-refractivity contribution < 1.29 is 18.3 Å². The normalized spacial score (nSPS) is 12.8. The van der Waals surface area contributed by atoms with Crippen LogP contribution in [-0.4, -0.2) is 27.3 Å². The monoisotopic (exact) mass is 557 g/mol. The molecule has 0 aliphatic heterocycles. The van der Waals surface area contributed by atoms with Crippen molar-refractivity contribution in [3.05, 3.63) is 95.8 Å². The van der Waals surface area contributed by atoms with Crippen LogP contribution in [0.25, 0.3) is 16.5 Å². The van der Waals surface area contributed by atoms with E-state index >= 15 is 4.39 Å². The molecule has 41 heavy (non-hydrogen) atoms. The number of benzene rings is 2. The van der Waals surface area contributed by atoms with E-state index in [1.165, 1.54) is 18.2 Å². The molecule has 2 atom stereocenters. The van der Waals surface area contributed by atoms with E-state index in [0.29, 0.717) is 11.3 Å². The van der Waals surface area contributed by atoms with Gasteiger partial charge in [-0.05, 0) is 88.2 Å². The number of hydrogen-bond donors (Lipinski definition) is 2. The number of aryl methyl sites for hydroxylation is 1. The molecule has 0 aliphatic carbocycles. The Kier molecular flexibility index (Phi) is 8.43. The minimum absolute atomic E-state index is 0.00695. The van der Waals surface area contributed by atoms with E-state index in [4.69, 9.17) is 4.74 Å². The van der Waals surface area contributed by atoms with Gasteiger partial charge in [0, 0.05) is 41.3 Å². The highest BCUT2D eigenvalue weighted by Crippen LogP contribution is 2.36.